The van der Waals surface area contributed by atoms with Crippen molar-refractivity contribution < 1.29 is 5.11 Å². The van der Waals surface area contributed by atoms with E-state index < -0.39 is 6.35 Å². The Bertz CT molecular complexity index is 1780. The van der Waals surface area contributed by atoms with Crippen molar-refractivity contribution in [3.8, 4) is 17.2 Å². The molecule has 1 aromatic carbocycles. The third-order valence-electron chi connectivity index (χ3n) is 8.58. The number of aromatic nitrogens is 7. The predicted molar refractivity (Wildman–Crippen MR) is 180 cm³/mol. The molecule has 1 aliphatic carbocycles. The van der Waals surface area contributed by atoms with Crippen molar-refractivity contribution >= 4 is 17.6 Å². The fourth-order valence-electron chi connectivity index (χ4n) is 5.94. The van der Waals surface area contributed by atoms with Crippen LogP contribution in [-0.4, -0.2) is 58.1 Å². The van der Waals surface area contributed by atoms with Crippen molar-refractivity contribution in [2.75, 3.05) is 15.5 Å². The first-order valence-electron chi connectivity index (χ1n) is 15.8. The molecule has 0 radical (unpaired) electrons. The van der Waals surface area contributed by atoms with E-state index in [0.717, 1.165) is 53.8 Å². The van der Waals surface area contributed by atoms with Crippen LogP contribution in [0.4, 0.5) is 17.6 Å². The molecule has 13 nitrogen and oxygen atoms in total. The maximum Gasteiger partial charge on any atom is 0.224 e. The number of aliphatic hydroxyl groups excluding tert-OH is 1. The van der Waals surface area contributed by atoms with E-state index in [-0.39, 0.29) is 12.1 Å². The normalized spacial score (nSPS) is 16.7. The van der Waals surface area contributed by atoms with Crippen LogP contribution in [0.3, 0.4) is 0 Å². The van der Waals surface area contributed by atoms with Gasteiger partial charge in [-0.1, -0.05) is 30.3 Å². The molecule has 5 aromatic rings. The van der Waals surface area contributed by atoms with Gasteiger partial charge in [-0.3, -0.25) is 14.7 Å². The summed E-state index contributed by atoms with van der Waals surface area (Å²) >= 11 is 0. The summed E-state index contributed by atoms with van der Waals surface area (Å²) in [6.07, 6.45) is 9.57. The van der Waals surface area contributed by atoms with Gasteiger partial charge in [0.05, 0.1) is 24.6 Å². The highest BCUT2D eigenvalue weighted by Gasteiger charge is 2.31. The number of anilines is 3. The van der Waals surface area contributed by atoms with E-state index in [4.69, 9.17) is 4.98 Å². The van der Waals surface area contributed by atoms with Gasteiger partial charge in [-0.05, 0) is 56.4 Å². The second-order valence-electron chi connectivity index (χ2n) is 11.9. The van der Waals surface area contributed by atoms with Crippen LogP contribution >= 0.6 is 0 Å². The first kappa shape index (κ1) is 31.7. The summed E-state index contributed by atoms with van der Waals surface area (Å²) in [6, 6.07) is 18.4. The van der Waals surface area contributed by atoms with Gasteiger partial charge in [0.1, 0.15) is 23.3 Å². The van der Waals surface area contributed by atoms with Gasteiger partial charge in [-0.2, -0.15) is 20.4 Å². The molecular weight excluding hydrogens is 592 g/mol. The Morgan fingerprint density at radius 2 is 1.81 bits per heavy atom. The number of hydrogen-bond acceptors (Lipinski definition) is 11. The smallest absolute Gasteiger partial charge is 0.224 e. The lowest BCUT2D eigenvalue weighted by molar-refractivity contribution is 0.112. The summed E-state index contributed by atoms with van der Waals surface area (Å²) in [5.74, 6) is 1.65. The molecule has 0 aliphatic heterocycles. The first-order chi connectivity index (χ1) is 22.9. The van der Waals surface area contributed by atoms with Crippen LogP contribution in [0.5, 0.6) is 0 Å². The third kappa shape index (κ3) is 7.74. The molecule has 47 heavy (non-hydrogen) atoms. The number of nitrogens with zero attached hydrogens (tertiary/aromatic N) is 9. The number of nitriles is 1. The molecule has 1 unspecified atom stereocenters. The van der Waals surface area contributed by atoms with Crippen molar-refractivity contribution in [2.24, 2.45) is 14.1 Å². The summed E-state index contributed by atoms with van der Waals surface area (Å²) in [4.78, 5) is 15.8. The highest BCUT2D eigenvalue weighted by atomic mass is 16.3. The Morgan fingerprint density at radius 1 is 1.00 bits per heavy atom. The monoisotopic (exact) mass is 632 g/mol. The van der Waals surface area contributed by atoms with Crippen molar-refractivity contribution in [3.63, 3.8) is 0 Å². The molecule has 1 fully saturated rings. The van der Waals surface area contributed by atoms with E-state index in [9.17, 15) is 10.4 Å². The molecule has 1 aliphatic rings. The maximum atomic E-state index is 11.5. The number of aryl methyl sites for hydroxylation is 3. The number of nitrogens with one attached hydrogen (secondary N) is 3. The zero-order valence-corrected chi connectivity index (χ0v) is 26.9. The molecule has 6 rings (SSSR count). The molecule has 1 saturated carbocycles. The van der Waals surface area contributed by atoms with E-state index in [1.165, 1.54) is 0 Å². The highest BCUT2D eigenvalue weighted by Crippen LogP contribution is 2.30. The molecule has 0 spiro atoms. The van der Waals surface area contributed by atoms with Gasteiger partial charge < -0.3 is 20.6 Å². The van der Waals surface area contributed by atoms with Crippen molar-refractivity contribution in [1.82, 2.24) is 39.8 Å². The number of aliphatic hydroxyl groups is 1. The molecule has 4 heterocycles. The lowest BCUT2D eigenvalue weighted by Crippen LogP contribution is -2.52. The molecular formula is C34H40N12O. The second-order valence-corrected chi connectivity index (χ2v) is 11.9. The van der Waals surface area contributed by atoms with E-state index in [1.807, 2.05) is 97.7 Å². The predicted octanol–water partition coefficient (Wildman–Crippen LogP) is 4.09. The Hall–Kier alpha value is -5.32. The van der Waals surface area contributed by atoms with Crippen molar-refractivity contribution in [2.45, 2.75) is 64.1 Å². The molecule has 1 atom stereocenters. The summed E-state index contributed by atoms with van der Waals surface area (Å²) in [5, 5.41) is 39.9. The average molecular weight is 633 g/mol. The minimum absolute atomic E-state index is 0.0593. The SMILES string of the molecule is Cc1cc(CNc2nc(N[C@H]3CC[C@H](N(c4ccc(-c5cnn(C)c5)cn4)C(O)NCc4ccccc4)CC3)ncc2C#N)nn1C. The third-order valence-corrected chi connectivity index (χ3v) is 8.58. The lowest BCUT2D eigenvalue weighted by Gasteiger charge is -2.40. The van der Waals surface area contributed by atoms with Gasteiger partial charge in [-0.15, -0.1) is 0 Å². The van der Waals surface area contributed by atoms with Gasteiger partial charge >= 0.3 is 0 Å². The lowest BCUT2D eigenvalue weighted by atomic mass is 9.90. The molecule has 4 aromatic heterocycles. The Labute approximate surface area is 274 Å². The Morgan fingerprint density at radius 3 is 2.47 bits per heavy atom. The Balaban J connectivity index is 1.12. The van der Waals surface area contributed by atoms with Crippen LogP contribution in [0.25, 0.3) is 11.1 Å². The molecule has 4 N–H and O–H groups in total. The summed E-state index contributed by atoms with van der Waals surface area (Å²) in [6.45, 7) is 2.97. The quantitative estimate of drug-likeness (QED) is 0.147. The van der Waals surface area contributed by atoms with Gasteiger partial charge in [-0.25, -0.2) is 9.97 Å². The van der Waals surface area contributed by atoms with E-state index >= 15 is 0 Å². The van der Waals surface area contributed by atoms with E-state index in [0.29, 0.717) is 36.2 Å². The summed E-state index contributed by atoms with van der Waals surface area (Å²) < 4.78 is 3.58. The van der Waals surface area contributed by atoms with Crippen LogP contribution in [0.1, 0.15) is 48.2 Å². The molecule has 13 heteroatoms. The number of hydrogen-bond donors (Lipinski definition) is 4. The van der Waals surface area contributed by atoms with Crippen LogP contribution < -0.4 is 20.9 Å². The minimum Gasteiger partial charge on any atom is -0.363 e. The minimum atomic E-state index is -0.931. The zero-order chi connectivity index (χ0) is 32.8. The van der Waals surface area contributed by atoms with Crippen LogP contribution in [0.2, 0.25) is 0 Å². The fraction of sp³-hybridized carbons (Fsp3) is 0.353. The van der Waals surface area contributed by atoms with Gasteiger partial charge in [0, 0.05) is 61.9 Å². The number of pyridine rings is 1. The summed E-state index contributed by atoms with van der Waals surface area (Å²) in [7, 11) is 3.79. The number of benzene rings is 1. The standard InChI is InChI=1S/C34H40N12O/c1-23-15-29(43-45(23)3)21-37-32-26(16-35)19-38-33(42-32)41-28-10-12-30(13-11-28)46(34(47)39-17-24-7-5-4-6-8-24)31-14-9-25(18-36-31)27-20-40-44(2)22-27/h4-9,14-15,18-20,22,28,30,34,39,47H,10-13,17,21H2,1-3H3,(H2,37,38,41,42)/t28-,30-,34?. The zero-order valence-electron chi connectivity index (χ0n) is 26.9. The van der Waals surface area contributed by atoms with Crippen molar-refractivity contribution in [1.29, 1.82) is 5.26 Å². The van der Waals surface area contributed by atoms with Crippen LogP contribution in [-0.2, 0) is 27.2 Å². The Kier molecular flexibility index (Phi) is 9.70. The maximum absolute atomic E-state index is 11.5. The fourth-order valence-corrected chi connectivity index (χ4v) is 5.94. The highest BCUT2D eigenvalue weighted by molar-refractivity contribution is 5.62. The largest absolute Gasteiger partial charge is 0.363 e. The molecule has 0 bridgehead atoms. The van der Waals surface area contributed by atoms with Crippen LogP contribution in [0, 0.1) is 18.3 Å². The summed E-state index contributed by atoms with van der Waals surface area (Å²) in [5.41, 5.74) is 5.34. The van der Waals surface area contributed by atoms with Crippen LogP contribution in [0.15, 0.2) is 73.3 Å². The molecule has 242 valence electrons. The second kappa shape index (κ2) is 14.4. The topological polar surface area (TPSA) is 158 Å². The number of rotatable bonds is 12. The average Bonchev–Trinajstić information content (AvgIpc) is 3.68. The first-order valence-corrected chi connectivity index (χ1v) is 15.8. The van der Waals surface area contributed by atoms with Gasteiger partial charge in [0.15, 0.2) is 6.35 Å². The van der Waals surface area contributed by atoms with E-state index in [2.05, 4.69) is 42.2 Å². The van der Waals surface area contributed by atoms with E-state index in [1.54, 1.807) is 10.9 Å². The van der Waals surface area contributed by atoms with Gasteiger partial charge in [0.25, 0.3) is 0 Å². The van der Waals surface area contributed by atoms with Crippen molar-refractivity contribution in [3.05, 3.63) is 95.8 Å². The van der Waals surface area contributed by atoms with Gasteiger partial charge in [0.2, 0.25) is 5.95 Å². The molecule has 0 amide bonds. The molecule has 0 saturated heterocycles.